The van der Waals surface area contributed by atoms with Crippen LogP contribution in [0.25, 0.3) is 0 Å². The molecule has 1 saturated carbocycles. The van der Waals surface area contributed by atoms with Crippen LogP contribution in [0.3, 0.4) is 0 Å². The Balaban J connectivity index is 2.14. The van der Waals surface area contributed by atoms with Crippen LogP contribution in [-0.4, -0.2) is 6.10 Å². The summed E-state index contributed by atoms with van der Waals surface area (Å²) < 4.78 is 7.17. The standard InChI is InChI=1S/C13H17BrO/c1-9-7-12(8-10(2)13(9)14)15-11-5-3-4-6-11/h7-8,11H,3-6H2,1-2H3. The van der Waals surface area contributed by atoms with Crippen molar-refractivity contribution >= 4 is 15.9 Å². The minimum atomic E-state index is 0.449. The molecule has 0 N–H and O–H groups in total. The number of halogens is 1. The van der Waals surface area contributed by atoms with Gasteiger partial charge in [0.1, 0.15) is 5.75 Å². The van der Waals surface area contributed by atoms with Gasteiger partial charge in [-0.2, -0.15) is 0 Å². The average Bonchev–Trinajstić information content (AvgIpc) is 2.66. The number of ether oxygens (including phenoxy) is 1. The number of hydrogen-bond donors (Lipinski definition) is 0. The molecule has 0 bridgehead atoms. The van der Waals surface area contributed by atoms with Crippen LogP contribution >= 0.6 is 15.9 Å². The van der Waals surface area contributed by atoms with E-state index in [1.807, 2.05) is 0 Å². The molecule has 1 nitrogen and oxygen atoms in total. The van der Waals surface area contributed by atoms with Crippen molar-refractivity contribution in [2.24, 2.45) is 0 Å². The summed E-state index contributed by atoms with van der Waals surface area (Å²) in [6.45, 7) is 4.22. The van der Waals surface area contributed by atoms with Gasteiger partial charge in [-0.25, -0.2) is 0 Å². The Morgan fingerprint density at radius 1 is 1.13 bits per heavy atom. The summed E-state index contributed by atoms with van der Waals surface area (Å²) in [5.74, 6) is 1.03. The van der Waals surface area contributed by atoms with Gasteiger partial charge in [0.05, 0.1) is 6.10 Å². The molecule has 1 aliphatic rings. The molecule has 0 radical (unpaired) electrons. The number of rotatable bonds is 2. The van der Waals surface area contributed by atoms with Crippen molar-refractivity contribution < 1.29 is 4.74 Å². The lowest BCUT2D eigenvalue weighted by Gasteiger charge is -2.15. The van der Waals surface area contributed by atoms with Crippen molar-refractivity contribution in [2.45, 2.75) is 45.6 Å². The van der Waals surface area contributed by atoms with Crippen LogP contribution in [-0.2, 0) is 0 Å². The Labute approximate surface area is 100.0 Å². The van der Waals surface area contributed by atoms with Gasteiger partial charge in [0.2, 0.25) is 0 Å². The molecule has 0 heterocycles. The summed E-state index contributed by atoms with van der Waals surface area (Å²) in [7, 11) is 0. The van der Waals surface area contributed by atoms with Gasteiger partial charge in [-0.3, -0.25) is 0 Å². The average molecular weight is 269 g/mol. The smallest absolute Gasteiger partial charge is 0.120 e. The van der Waals surface area contributed by atoms with E-state index in [4.69, 9.17) is 4.74 Å². The van der Waals surface area contributed by atoms with E-state index in [2.05, 4.69) is 41.9 Å². The van der Waals surface area contributed by atoms with E-state index in [1.165, 1.54) is 41.3 Å². The van der Waals surface area contributed by atoms with Gasteiger partial charge in [-0.05, 0) is 62.8 Å². The molecular weight excluding hydrogens is 252 g/mol. The molecule has 15 heavy (non-hydrogen) atoms. The Bertz CT molecular complexity index is 331. The molecular formula is C13H17BrO. The lowest BCUT2D eigenvalue weighted by Crippen LogP contribution is -2.11. The number of hydrogen-bond acceptors (Lipinski definition) is 1. The first-order chi connectivity index (χ1) is 7.16. The summed E-state index contributed by atoms with van der Waals surface area (Å²) in [6.07, 6.45) is 5.52. The van der Waals surface area contributed by atoms with Gasteiger partial charge in [0.15, 0.2) is 0 Å². The van der Waals surface area contributed by atoms with Gasteiger partial charge in [0.25, 0.3) is 0 Å². The summed E-state index contributed by atoms with van der Waals surface area (Å²) in [5.41, 5.74) is 2.51. The highest BCUT2D eigenvalue weighted by Crippen LogP contribution is 2.29. The summed E-state index contributed by atoms with van der Waals surface area (Å²) in [5, 5.41) is 0. The summed E-state index contributed by atoms with van der Waals surface area (Å²) in [4.78, 5) is 0. The quantitative estimate of drug-likeness (QED) is 0.773. The van der Waals surface area contributed by atoms with Crippen molar-refractivity contribution in [1.29, 1.82) is 0 Å². The van der Waals surface area contributed by atoms with Crippen molar-refractivity contribution in [2.75, 3.05) is 0 Å². The molecule has 1 aromatic carbocycles. The highest BCUT2D eigenvalue weighted by molar-refractivity contribution is 9.10. The maximum Gasteiger partial charge on any atom is 0.120 e. The minimum absolute atomic E-state index is 0.449. The zero-order valence-corrected chi connectivity index (χ0v) is 10.9. The molecule has 2 heteroatoms. The van der Waals surface area contributed by atoms with Crippen molar-refractivity contribution in [3.05, 3.63) is 27.7 Å². The fraction of sp³-hybridized carbons (Fsp3) is 0.538. The number of benzene rings is 1. The van der Waals surface area contributed by atoms with E-state index in [-0.39, 0.29) is 0 Å². The largest absolute Gasteiger partial charge is 0.490 e. The van der Waals surface area contributed by atoms with Gasteiger partial charge < -0.3 is 4.74 Å². The van der Waals surface area contributed by atoms with Gasteiger partial charge in [-0.1, -0.05) is 15.9 Å². The molecule has 1 aromatic rings. The molecule has 0 aliphatic heterocycles. The highest BCUT2D eigenvalue weighted by Gasteiger charge is 2.16. The van der Waals surface area contributed by atoms with Crippen LogP contribution in [0.4, 0.5) is 0 Å². The Kier molecular flexibility index (Phi) is 3.35. The maximum absolute atomic E-state index is 5.97. The van der Waals surface area contributed by atoms with Gasteiger partial charge in [-0.15, -0.1) is 0 Å². The maximum atomic E-state index is 5.97. The third-order valence-electron chi connectivity index (χ3n) is 3.01. The van der Waals surface area contributed by atoms with Crippen LogP contribution in [0.1, 0.15) is 36.8 Å². The van der Waals surface area contributed by atoms with Gasteiger partial charge >= 0.3 is 0 Å². The van der Waals surface area contributed by atoms with E-state index < -0.39 is 0 Å². The monoisotopic (exact) mass is 268 g/mol. The lowest BCUT2D eigenvalue weighted by molar-refractivity contribution is 0.210. The first-order valence-corrected chi connectivity index (χ1v) is 6.39. The second-order valence-electron chi connectivity index (χ2n) is 4.40. The highest BCUT2D eigenvalue weighted by atomic mass is 79.9. The van der Waals surface area contributed by atoms with Crippen LogP contribution in [0, 0.1) is 13.8 Å². The van der Waals surface area contributed by atoms with E-state index in [0.29, 0.717) is 6.10 Å². The molecule has 1 aliphatic carbocycles. The molecule has 0 aromatic heterocycles. The first kappa shape index (κ1) is 11.0. The van der Waals surface area contributed by atoms with Crippen molar-refractivity contribution in [1.82, 2.24) is 0 Å². The van der Waals surface area contributed by atoms with Crippen LogP contribution in [0.5, 0.6) is 5.75 Å². The van der Waals surface area contributed by atoms with Gasteiger partial charge in [0, 0.05) is 4.47 Å². The Morgan fingerprint density at radius 2 is 1.67 bits per heavy atom. The fourth-order valence-corrected chi connectivity index (χ4v) is 2.40. The van der Waals surface area contributed by atoms with E-state index in [1.54, 1.807) is 0 Å². The normalized spacial score (nSPS) is 17.0. The Morgan fingerprint density at radius 3 is 2.20 bits per heavy atom. The molecule has 0 saturated heterocycles. The van der Waals surface area contributed by atoms with E-state index >= 15 is 0 Å². The molecule has 0 atom stereocenters. The molecule has 0 unspecified atom stereocenters. The third kappa shape index (κ3) is 2.54. The Hall–Kier alpha value is -0.500. The molecule has 0 amide bonds. The molecule has 2 rings (SSSR count). The second-order valence-corrected chi connectivity index (χ2v) is 5.19. The first-order valence-electron chi connectivity index (χ1n) is 5.60. The van der Waals surface area contributed by atoms with Crippen LogP contribution < -0.4 is 4.74 Å². The predicted molar refractivity (Wildman–Crippen MR) is 66.5 cm³/mol. The van der Waals surface area contributed by atoms with Crippen molar-refractivity contribution in [3.8, 4) is 5.75 Å². The SMILES string of the molecule is Cc1cc(OC2CCCC2)cc(C)c1Br. The third-order valence-corrected chi connectivity index (χ3v) is 4.27. The zero-order valence-electron chi connectivity index (χ0n) is 9.35. The van der Waals surface area contributed by atoms with Crippen LogP contribution in [0.15, 0.2) is 16.6 Å². The predicted octanol–water partition coefficient (Wildman–Crippen LogP) is 4.39. The second kappa shape index (κ2) is 4.56. The number of aryl methyl sites for hydroxylation is 2. The summed E-state index contributed by atoms with van der Waals surface area (Å²) >= 11 is 3.57. The zero-order chi connectivity index (χ0) is 10.8. The van der Waals surface area contributed by atoms with E-state index in [0.717, 1.165) is 5.75 Å². The van der Waals surface area contributed by atoms with E-state index in [9.17, 15) is 0 Å². The minimum Gasteiger partial charge on any atom is -0.490 e. The lowest BCUT2D eigenvalue weighted by atomic mass is 10.1. The fourth-order valence-electron chi connectivity index (χ4n) is 2.17. The topological polar surface area (TPSA) is 9.23 Å². The molecule has 82 valence electrons. The molecule has 1 fully saturated rings. The summed E-state index contributed by atoms with van der Waals surface area (Å²) in [6, 6.07) is 4.24. The molecule has 0 spiro atoms. The van der Waals surface area contributed by atoms with Crippen LogP contribution in [0.2, 0.25) is 0 Å². The van der Waals surface area contributed by atoms with Crippen molar-refractivity contribution in [3.63, 3.8) is 0 Å².